The predicted molar refractivity (Wildman–Crippen MR) is 360 cm³/mol. The Hall–Kier alpha value is -6.50. The minimum Gasteiger partial charge on any atom is -0.496 e. The van der Waals surface area contributed by atoms with Crippen LogP contribution in [0.2, 0.25) is 0 Å². The van der Waals surface area contributed by atoms with Crippen LogP contribution in [0.15, 0.2) is 103 Å². The lowest BCUT2D eigenvalue weighted by atomic mass is 9.99. The maximum atomic E-state index is 11.7. The van der Waals surface area contributed by atoms with Crippen LogP contribution in [-0.4, -0.2) is 193 Å². The lowest BCUT2D eigenvalue weighted by Gasteiger charge is -2.33. The van der Waals surface area contributed by atoms with Gasteiger partial charge >= 0.3 is 0 Å². The number of hydrogen-bond donors (Lipinski definition) is 2. The summed E-state index contributed by atoms with van der Waals surface area (Å²) in [5, 5.41) is 10.5. The molecule has 20 nitrogen and oxygen atoms in total. The maximum Gasteiger partial charge on any atom is 0.248 e. The third-order valence-electron chi connectivity index (χ3n) is 18.2. The summed E-state index contributed by atoms with van der Waals surface area (Å²) in [6.07, 6.45) is 8.32. The minimum absolute atomic E-state index is 0.00148. The van der Waals surface area contributed by atoms with Crippen molar-refractivity contribution in [1.29, 1.82) is 0 Å². The summed E-state index contributed by atoms with van der Waals surface area (Å²) in [7, 11) is 6.74. The highest BCUT2D eigenvalue weighted by Gasteiger charge is 2.36. The molecule has 512 valence electrons. The van der Waals surface area contributed by atoms with Crippen molar-refractivity contribution in [2.24, 2.45) is 5.73 Å². The van der Waals surface area contributed by atoms with Crippen LogP contribution in [0.25, 0.3) is 10.9 Å². The van der Waals surface area contributed by atoms with Gasteiger partial charge < -0.3 is 77.1 Å². The molecule has 5 aromatic carbocycles. The Morgan fingerprint density at radius 2 is 0.989 bits per heavy atom. The number of likely N-dealkylation sites (tertiary alicyclic amines) is 1. The standard InChI is InChI=1S/C28H36N4O3.C18H27NO4.C14H20O4.C14H18O4/c1-34-27-4-2-3-23(20-31-15-17-35-18-16-31)25(27)10-13-30-11-8-24(9-12-30)32-14-7-21-5-6-22(28(29)33)19-26(21)32;1-18(2)22-13-15(23-18)11-16-14(5-4-6-17(16)20-3)12-19-7-9-21-10-8-19;2*1-14(2)17-9-11(18-14)7-12-10(8-15)5-4-6-13(12)16-3/h2-7,14,19,24H,8-13,15-18,20H2,1H3,(H2,29,33);4-6,15H,7-13H2,1-3H3;4-6,11,15H,7-9H2,1-3H3;4-6,8,11H,7,9H2,1-3H3. The molecule has 20 heteroatoms. The molecule has 0 radical (unpaired) electrons. The number of aromatic nitrogens is 1. The Labute approximate surface area is 555 Å². The van der Waals surface area contributed by atoms with E-state index in [-0.39, 0.29) is 30.8 Å². The van der Waals surface area contributed by atoms with Crippen molar-refractivity contribution in [2.45, 2.75) is 141 Å². The number of fused-ring (bicyclic) bond motifs is 1. The summed E-state index contributed by atoms with van der Waals surface area (Å²) in [6, 6.07) is 32.1. The molecule has 6 fully saturated rings. The topological polar surface area (TPSA) is 206 Å². The molecule has 94 heavy (non-hydrogen) atoms. The van der Waals surface area contributed by atoms with Crippen molar-refractivity contribution in [3.63, 3.8) is 0 Å². The van der Waals surface area contributed by atoms with Gasteiger partial charge in [0, 0.05) is 124 Å². The second kappa shape index (κ2) is 33.9. The second-order valence-electron chi connectivity index (χ2n) is 26.0. The van der Waals surface area contributed by atoms with Crippen molar-refractivity contribution in [3.8, 4) is 23.0 Å². The van der Waals surface area contributed by atoms with Crippen LogP contribution >= 0.6 is 0 Å². The number of aliphatic hydroxyl groups excluding tert-OH is 1. The fraction of sp³-hybridized carbons (Fsp3) is 0.541. The van der Waals surface area contributed by atoms with Gasteiger partial charge in [0.25, 0.3) is 0 Å². The minimum atomic E-state index is -0.548. The van der Waals surface area contributed by atoms with Crippen LogP contribution in [0.4, 0.5) is 0 Å². The highest BCUT2D eigenvalue weighted by molar-refractivity contribution is 5.97. The molecule has 0 saturated carbocycles. The molecule has 12 rings (SSSR count). The third-order valence-corrected chi connectivity index (χ3v) is 18.2. The van der Waals surface area contributed by atoms with Gasteiger partial charge in [-0.1, -0.05) is 54.6 Å². The zero-order chi connectivity index (χ0) is 66.8. The Bertz CT molecular complexity index is 3360. The first-order valence-electron chi connectivity index (χ1n) is 33.1. The number of primary amides is 1. The van der Waals surface area contributed by atoms with E-state index in [0.29, 0.717) is 55.6 Å². The van der Waals surface area contributed by atoms with Crippen LogP contribution in [0.3, 0.4) is 0 Å². The number of carbonyl (C=O) groups excluding carboxylic acids is 2. The molecule has 0 spiro atoms. The molecule has 3 unspecified atom stereocenters. The van der Waals surface area contributed by atoms with Crippen LogP contribution in [0.5, 0.6) is 23.0 Å². The zero-order valence-corrected chi connectivity index (χ0v) is 57.0. The average molecular weight is 1300 g/mol. The summed E-state index contributed by atoms with van der Waals surface area (Å²) in [5.74, 6) is 1.50. The fourth-order valence-corrected chi connectivity index (χ4v) is 13.3. The Balaban J connectivity index is 0.000000154. The van der Waals surface area contributed by atoms with E-state index in [1.807, 2.05) is 96.1 Å². The van der Waals surface area contributed by atoms with Crippen LogP contribution in [0.1, 0.15) is 120 Å². The van der Waals surface area contributed by atoms with Gasteiger partial charge in [-0.15, -0.1) is 0 Å². The normalized spacial score (nSPS) is 21.2. The van der Waals surface area contributed by atoms with Crippen molar-refractivity contribution >= 4 is 23.1 Å². The molecule has 3 N–H and O–H groups in total. The number of carbonyl (C=O) groups is 2. The molecule has 6 aromatic rings. The van der Waals surface area contributed by atoms with E-state index in [2.05, 4.69) is 61.9 Å². The number of amides is 1. The van der Waals surface area contributed by atoms with Crippen LogP contribution in [-0.2, 0) is 83.3 Å². The molecule has 0 aliphatic carbocycles. The van der Waals surface area contributed by atoms with Crippen LogP contribution < -0.4 is 24.7 Å². The Morgan fingerprint density at radius 3 is 1.44 bits per heavy atom. The van der Waals surface area contributed by atoms with E-state index in [1.165, 1.54) is 22.3 Å². The van der Waals surface area contributed by atoms with Crippen molar-refractivity contribution < 1.29 is 71.5 Å². The van der Waals surface area contributed by atoms with Crippen molar-refractivity contribution in [3.05, 3.63) is 153 Å². The monoisotopic (exact) mass is 1300 g/mol. The molecule has 0 bridgehead atoms. The number of rotatable bonds is 21. The summed E-state index contributed by atoms with van der Waals surface area (Å²) in [5.41, 5.74) is 15.8. The number of ether oxygens (including phenoxy) is 12. The largest absolute Gasteiger partial charge is 0.496 e. The lowest BCUT2D eigenvalue weighted by molar-refractivity contribution is -0.138. The first-order chi connectivity index (χ1) is 45.3. The number of morpholine rings is 2. The number of nitrogens with zero attached hydrogens (tertiary/aromatic N) is 4. The molecule has 6 saturated heterocycles. The highest BCUT2D eigenvalue weighted by atomic mass is 16.8. The van der Waals surface area contributed by atoms with E-state index >= 15 is 0 Å². The van der Waals surface area contributed by atoms with Crippen molar-refractivity contribution in [1.82, 2.24) is 19.3 Å². The molecule has 6 aliphatic heterocycles. The van der Waals surface area contributed by atoms with Gasteiger partial charge in [0.15, 0.2) is 17.4 Å². The van der Waals surface area contributed by atoms with E-state index in [4.69, 9.17) is 62.6 Å². The first kappa shape index (κ1) is 71.8. The van der Waals surface area contributed by atoms with Gasteiger partial charge in [-0.2, -0.15) is 0 Å². The number of piperidine rings is 1. The molecule has 1 amide bonds. The summed E-state index contributed by atoms with van der Waals surface area (Å²) in [4.78, 5) is 30.2. The van der Waals surface area contributed by atoms with Crippen LogP contribution in [0, 0.1) is 0 Å². The third kappa shape index (κ3) is 19.8. The Kier molecular flexibility index (Phi) is 25.9. The molecule has 3 atom stereocenters. The van der Waals surface area contributed by atoms with Gasteiger partial charge in [-0.25, -0.2) is 0 Å². The lowest BCUT2D eigenvalue weighted by Crippen LogP contribution is -2.37. The number of benzene rings is 5. The average Bonchev–Trinajstić information content (AvgIpc) is 1.63. The van der Waals surface area contributed by atoms with Gasteiger partial charge in [0.2, 0.25) is 5.91 Å². The number of hydrogen-bond acceptors (Lipinski definition) is 18. The highest BCUT2D eigenvalue weighted by Crippen LogP contribution is 2.35. The molecular formula is C74H101N5O15. The van der Waals surface area contributed by atoms with E-state index < -0.39 is 17.4 Å². The SMILES string of the molecule is COc1cccc(C=O)c1CC1COC(C)(C)O1.COc1cccc(CN2CCOCC2)c1CC1COC(C)(C)O1.COc1cccc(CN2CCOCC2)c1CCN1CCC(n2ccc3ccc(C(N)=O)cc32)CC1.COc1cccc(CO)c1CC1COC(C)(C)O1. The maximum absolute atomic E-state index is 11.7. The van der Waals surface area contributed by atoms with Gasteiger partial charge in [0.05, 0.1) is 99.6 Å². The number of aldehydes is 1. The zero-order valence-electron chi connectivity index (χ0n) is 57.0. The van der Waals surface area contributed by atoms with E-state index in [0.717, 1.165) is 162 Å². The van der Waals surface area contributed by atoms with E-state index in [9.17, 15) is 14.7 Å². The quantitative estimate of drug-likeness (QED) is 0.0643. The molecule has 6 aliphatic rings. The molecular weight excluding hydrogens is 1200 g/mol. The number of methoxy groups -OCH3 is 4. The van der Waals surface area contributed by atoms with E-state index in [1.54, 1.807) is 34.5 Å². The predicted octanol–water partition coefficient (Wildman–Crippen LogP) is 9.77. The van der Waals surface area contributed by atoms with Gasteiger partial charge in [-0.3, -0.25) is 19.4 Å². The fourth-order valence-electron chi connectivity index (χ4n) is 13.3. The number of nitrogens with two attached hydrogens (primary N) is 1. The summed E-state index contributed by atoms with van der Waals surface area (Å²) >= 11 is 0. The van der Waals surface area contributed by atoms with Crippen molar-refractivity contribution in [2.75, 3.05) is 121 Å². The number of aliphatic hydroxyl groups is 1. The molecule has 7 heterocycles. The first-order valence-corrected chi connectivity index (χ1v) is 33.1. The van der Waals surface area contributed by atoms with Gasteiger partial charge in [-0.05, 0) is 131 Å². The second-order valence-corrected chi connectivity index (χ2v) is 26.0. The summed E-state index contributed by atoms with van der Waals surface area (Å²) < 4.78 is 69.6. The summed E-state index contributed by atoms with van der Waals surface area (Å²) in [6.45, 7) is 25.4. The Morgan fingerprint density at radius 1 is 0.553 bits per heavy atom. The smallest absolute Gasteiger partial charge is 0.248 e. The molecule has 1 aromatic heterocycles. The van der Waals surface area contributed by atoms with Gasteiger partial charge in [0.1, 0.15) is 29.3 Å².